The molecule has 1 N–H and O–H groups in total. The lowest BCUT2D eigenvalue weighted by molar-refractivity contribution is -0.126. The Bertz CT molecular complexity index is 289. The Kier molecular flexibility index (Phi) is 6.43. The molecule has 1 rings (SSSR count). The average molecular weight is 240 g/mol. The lowest BCUT2D eigenvalue weighted by Gasteiger charge is -2.16. The van der Waals surface area contributed by atoms with Gasteiger partial charge in [-0.2, -0.15) is 0 Å². The molecule has 2 unspecified atom stereocenters. The summed E-state index contributed by atoms with van der Waals surface area (Å²) in [6.45, 7) is 3.87. The molecule has 0 radical (unpaired) electrons. The lowest BCUT2D eigenvalue weighted by Crippen LogP contribution is -2.35. The fourth-order valence-electron chi connectivity index (χ4n) is 2.05. The highest BCUT2D eigenvalue weighted by molar-refractivity contribution is 5.79. The number of carbonyl (C=O) groups excluding carboxylic acids is 1. The van der Waals surface area contributed by atoms with Gasteiger partial charge in [0.1, 0.15) is 0 Å². The molecule has 0 spiro atoms. The van der Waals surface area contributed by atoms with E-state index in [0.29, 0.717) is 19.7 Å². The van der Waals surface area contributed by atoms with Gasteiger partial charge in [0.05, 0.1) is 12.0 Å². The van der Waals surface area contributed by atoms with E-state index in [9.17, 15) is 4.79 Å². The molecule has 0 aromatic rings. The van der Waals surface area contributed by atoms with Gasteiger partial charge in [-0.1, -0.05) is 12.0 Å². The van der Waals surface area contributed by atoms with Crippen molar-refractivity contribution in [1.82, 2.24) is 5.32 Å². The van der Waals surface area contributed by atoms with Crippen LogP contribution in [0.25, 0.3) is 10.4 Å². The van der Waals surface area contributed by atoms with Crippen molar-refractivity contribution in [3.05, 3.63) is 10.4 Å². The summed E-state index contributed by atoms with van der Waals surface area (Å²) in [7, 11) is 0. The van der Waals surface area contributed by atoms with Crippen molar-refractivity contribution in [3.8, 4) is 0 Å². The summed E-state index contributed by atoms with van der Waals surface area (Å²) in [5.74, 6) is 0.107. The highest BCUT2D eigenvalue weighted by Crippen LogP contribution is 2.23. The molecule has 0 aliphatic carbocycles. The number of amides is 1. The highest BCUT2D eigenvalue weighted by Gasteiger charge is 2.32. The highest BCUT2D eigenvalue weighted by atomic mass is 16.5. The van der Waals surface area contributed by atoms with E-state index >= 15 is 0 Å². The number of nitrogens with zero attached hydrogens (tertiary/aromatic N) is 3. The van der Waals surface area contributed by atoms with Gasteiger partial charge in [-0.25, -0.2) is 0 Å². The van der Waals surface area contributed by atoms with Crippen LogP contribution in [0.3, 0.4) is 0 Å². The SMILES string of the molecule is CCC1OCCC1C(=O)NCCCCN=[N+]=[N-]. The van der Waals surface area contributed by atoms with Crippen LogP contribution in [0.4, 0.5) is 0 Å². The topological polar surface area (TPSA) is 87.1 Å². The first-order valence-corrected chi connectivity index (χ1v) is 6.19. The molecule has 17 heavy (non-hydrogen) atoms. The fourth-order valence-corrected chi connectivity index (χ4v) is 2.05. The molecule has 1 aliphatic heterocycles. The summed E-state index contributed by atoms with van der Waals surface area (Å²) in [5, 5.41) is 6.35. The van der Waals surface area contributed by atoms with Crippen LogP contribution in [0.5, 0.6) is 0 Å². The number of unbranched alkanes of at least 4 members (excludes halogenated alkanes) is 1. The first kappa shape index (κ1) is 13.8. The zero-order valence-electron chi connectivity index (χ0n) is 10.3. The van der Waals surface area contributed by atoms with E-state index in [1.165, 1.54) is 0 Å². The minimum Gasteiger partial charge on any atom is -0.377 e. The number of hydrogen-bond donors (Lipinski definition) is 1. The first-order chi connectivity index (χ1) is 8.29. The van der Waals surface area contributed by atoms with Crippen molar-refractivity contribution in [1.29, 1.82) is 0 Å². The number of nitrogens with one attached hydrogen (secondary N) is 1. The maximum atomic E-state index is 11.8. The minimum absolute atomic E-state index is 0.0112. The Morgan fingerprint density at radius 1 is 1.59 bits per heavy atom. The predicted molar refractivity (Wildman–Crippen MR) is 64.4 cm³/mol. The van der Waals surface area contributed by atoms with Crippen LogP contribution in [0, 0.1) is 5.92 Å². The van der Waals surface area contributed by atoms with E-state index in [2.05, 4.69) is 15.3 Å². The predicted octanol–water partition coefficient (Wildman–Crippen LogP) is 2.01. The molecule has 1 amide bonds. The maximum absolute atomic E-state index is 11.8. The van der Waals surface area contributed by atoms with Crippen molar-refractivity contribution in [2.45, 2.75) is 38.7 Å². The number of carbonyl (C=O) groups is 1. The Hall–Kier alpha value is -1.26. The molecule has 0 saturated carbocycles. The van der Waals surface area contributed by atoms with Crippen LogP contribution in [0.15, 0.2) is 5.11 Å². The second-order valence-corrected chi connectivity index (χ2v) is 4.17. The van der Waals surface area contributed by atoms with E-state index in [4.69, 9.17) is 10.3 Å². The Morgan fingerprint density at radius 2 is 2.41 bits per heavy atom. The van der Waals surface area contributed by atoms with Crippen LogP contribution in [-0.2, 0) is 9.53 Å². The van der Waals surface area contributed by atoms with Gasteiger partial charge in [0.15, 0.2) is 0 Å². The summed E-state index contributed by atoms with van der Waals surface area (Å²) < 4.78 is 5.48. The second kappa shape index (κ2) is 7.92. The van der Waals surface area contributed by atoms with E-state index in [1.54, 1.807) is 0 Å². The van der Waals surface area contributed by atoms with Crippen molar-refractivity contribution in [3.63, 3.8) is 0 Å². The summed E-state index contributed by atoms with van der Waals surface area (Å²) in [6, 6.07) is 0. The summed E-state index contributed by atoms with van der Waals surface area (Å²) >= 11 is 0. The van der Waals surface area contributed by atoms with Crippen LogP contribution in [0.1, 0.15) is 32.6 Å². The van der Waals surface area contributed by atoms with Crippen LogP contribution in [0.2, 0.25) is 0 Å². The monoisotopic (exact) mass is 240 g/mol. The van der Waals surface area contributed by atoms with Gasteiger partial charge in [0.25, 0.3) is 0 Å². The smallest absolute Gasteiger partial charge is 0.225 e. The van der Waals surface area contributed by atoms with Gasteiger partial charge in [-0.3, -0.25) is 4.79 Å². The molecule has 0 bridgehead atoms. The Labute approximate surface area is 101 Å². The summed E-state index contributed by atoms with van der Waals surface area (Å²) in [4.78, 5) is 14.5. The first-order valence-electron chi connectivity index (χ1n) is 6.19. The Balaban J connectivity index is 2.14. The standard InChI is InChI=1S/C11H20N4O2/c1-2-10-9(5-8-17-10)11(16)13-6-3-4-7-14-15-12/h9-10H,2-8H2,1H3,(H,13,16). The van der Waals surface area contributed by atoms with Gasteiger partial charge in [0.2, 0.25) is 5.91 Å². The average Bonchev–Trinajstić information content (AvgIpc) is 2.81. The van der Waals surface area contributed by atoms with E-state index in [1.807, 2.05) is 6.92 Å². The second-order valence-electron chi connectivity index (χ2n) is 4.17. The fraction of sp³-hybridized carbons (Fsp3) is 0.909. The summed E-state index contributed by atoms with van der Waals surface area (Å²) in [5.41, 5.74) is 8.09. The van der Waals surface area contributed by atoms with E-state index in [-0.39, 0.29) is 17.9 Å². The molecule has 96 valence electrons. The molecule has 1 heterocycles. The number of ether oxygens (including phenoxy) is 1. The van der Waals surface area contributed by atoms with Crippen molar-refractivity contribution in [2.24, 2.45) is 11.0 Å². The van der Waals surface area contributed by atoms with E-state index in [0.717, 1.165) is 25.7 Å². The molecular weight excluding hydrogens is 220 g/mol. The van der Waals surface area contributed by atoms with Crippen molar-refractivity contribution < 1.29 is 9.53 Å². The molecule has 1 aliphatic rings. The molecule has 0 aromatic carbocycles. The number of azide groups is 1. The minimum atomic E-state index is 0.0112. The van der Waals surface area contributed by atoms with Gasteiger partial charge in [0, 0.05) is 24.6 Å². The lowest BCUT2D eigenvalue weighted by atomic mass is 9.99. The molecule has 2 atom stereocenters. The molecule has 1 fully saturated rings. The van der Waals surface area contributed by atoms with Crippen LogP contribution >= 0.6 is 0 Å². The Morgan fingerprint density at radius 3 is 3.12 bits per heavy atom. The summed E-state index contributed by atoms with van der Waals surface area (Å²) in [6.07, 6.45) is 3.44. The van der Waals surface area contributed by atoms with Gasteiger partial charge < -0.3 is 10.1 Å². The normalized spacial score (nSPS) is 23.1. The molecule has 6 heteroatoms. The van der Waals surface area contributed by atoms with Gasteiger partial charge in [-0.05, 0) is 31.2 Å². The molecular formula is C11H20N4O2. The van der Waals surface area contributed by atoms with Gasteiger partial charge >= 0.3 is 0 Å². The van der Waals surface area contributed by atoms with Crippen molar-refractivity contribution in [2.75, 3.05) is 19.7 Å². The quantitative estimate of drug-likeness (QED) is 0.319. The van der Waals surface area contributed by atoms with Crippen molar-refractivity contribution >= 4 is 5.91 Å². The van der Waals surface area contributed by atoms with Gasteiger partial charge in [-0.15, -0.1) is 0 Å². The van der Waals surface area contributed by atoms with E-state index < -0.39 is 0 Å². The number of hydrogen-bond acceptors (Lipinski definition) is 3. The molecule has 6 nitrogen and oxygen atoms in total. The molecule has 0 aromatic heterocycles. The molecule has 1 saturated heterocycles. The largest absolute Gasteiger partial charge is 0.377 e. The van der Waals surface area contributed by atoms with Crippen LogP contribution < -0.4 is 5.32 Å². The zero-order valence-corrected chi connectivity index (χ0v) is 10.3. The number of rotatable bonds is 7. The third kappa shape index (κ3) is 4.63. The zero-order chi connectivity index (χ0) is 12.5. The third-order valence-electron chi connectivity index (χ3n) is 3.00. The maximum Gasteiger partial charge on any atom is 0.225 e. The van der Waals surface area contributed by atoms with Crippen LogP contribution in [-0.4, -0.2) is 31.7 Å². The third-order valence-corrected chi connectivity index (χ3v) is 3.00.